The van der Waals surface area contributed by atoms with Crippen LogP contribution >= 0.6 is 0 Å². The highest BCUT2D eigenvalue weighted by molar-refractivity contribution is 5.83. The summed E-state index contributed by atoms with van der Waals surface area (Å²) < 4.78 is 79.2. The van der Waals surface area contributed by atoms with Gasteiger partial charge in [0.2, 0.25) is 5.91 Å². The van der Waals surface area contributed by atoms with E-state index >= 15 is 0 Å². The zero-order valence-corrected chi connectivity index (χ0v) is 20.5. The van der Waals surface area contributed by atoms with Crippen LogP contribution in [0.1, 0.15) is 28.3 Å². The van der Waals surface area contributed by atoms with Crippen LogP contribution in [0.25, 0.3) is 0 Å². The quantitative estimate of drug-likeness (QED) is 0.349. The van der Waals surface area contributed by atoms with Crippen LogP contribution in [0.4, 0.5) is 26.3 Å². The lowest BCUT2D eigenvalue weighted by Crippen LogP contribution is -2.54. The number of piperazine rings is 1. The Morgan fingerprint density at radius 1 is 0.973 bits per heavy atom. The number of carbonyl (C=O) groups excluding carboxylic acids is 1. The molecule has 2 aromatic carbocycles. The molecule has 1 aliphatic heterocycles. The van der Waals surface area contributed by atoms with Gasteiger partial charge < -0.3 is 15.5 Å². The number of nitrogens with two attached hydrogens (primary N) is 1. The standard InChI is InChI=1S/C25H29F6N5O/c1-33-23(32)36-12-10-35(11-13-36)21(18-6-4-3-5-7-18)22(37)34(2)9-8-17-14-19(24(26,27)28)16-20(15-17)25(29,30)31/h3-7,14-16,21H,8-13H2,1-2H3,(H2,32,33)/t21-/m0/s1. The lowest BCUT2D eigenvalue weighted by atomic mass is 10.0. The highest BCUT2D eigenvalue weighted by Gasteiger charge is 2.37. The summed E-state index contributed by atoms with van der Waals surface area (Å²) in [5.41, 5.74) is 3.74. The Morgan fingerprint density at radius 3 is 2.00 bits per heavy atom. The van der Waals surface area contributed by atoms with Crippen LogP contribution in [-0.2, 0) is 23.6 Å². The molecule has 1 saturated heterocycles. The predicted molar refractivity (Wildman–Crippen MR) is 128 cm³/mol. The number of hydrogen-bond acceptors (Lipinski definition) is 3. The monoisotopic (exact) mass is 529 g/mol. The summed E-state index contributed by atoms with van der Waals surface area (Å²) in [6.45, 7) is 2.06. The summed E-state index contributed by atoms with van der Waals surface area (Å²) in [4.78, 5) is 22.8. The molecule has 1 aliphatic rings. The third-order valence-electron chi connectivity index (χ3n) is 6.34. The third kappa shape index (κ3) is 7.15. The maximum absolute atomic E-state index is 13.6. The van der Waals surface area contributed by atoms with Crippen molar-refractivity contribution in [3.63, 3.8) is 0 Å². The number of halogens is 6. The molecule has 202 valence electrons. The van der Waals surface area contributed by atoms with Crippen LogP contribution in [-0.4, -0.2) is 73.4 Å². The fraction of sp³-hybridized carbons (Fsp3) is 0.440. The number of likely N-dealkylation sites (N-methyl/N-ethyl adjacent to an activating group) is 1. The van der Waals surface area contributed by atoms with E-state index in [1.165, 1.54) is 11.9 Å². The van der Waals surface area contributed by atoms with Crippen LogP contribution < -0.4 is 5.73 Å². The maximum atomic E-state index is 13.6. The summed E-state index contributed by atoms with van der Waals surface area (Å²) in [5.74, 6) is 0.0958. The molecule has 2 N–H and O–H groups in total. The molecule has 0 saturated carbocycles. The first-order valence-electron chi connectivity index (χ1n) is 11.6. The summed E-state index contributed by atoms with van der Waals surface area (Å²) in [6.07, 6.45) is -10.0. The van der Waals surface area contributed by atoms with Gasteiger partial charge in [-0.3, -0.25) is 14.7 Å². The minimum absolute atomic E-state index is 0.0593. The molecule has 0 aliphatic carbocycles. The van der Waals surface area contributed by atoms with E-state index in [9.17, 15) is 31.1 Å². The molecular weight excluding hydrogens is 500 g/mol. The van der Waals surface area contributed by atoms with Gasteiger partial charge in [0.05, 0.1) is 11.1 Å². The van der Waals surface area contributed by atoms with Crippen molar-refractivity contribution in [1.29, 1.82) is 0 Å². The average molecular weight is 530 g/mol. The van der Waals surface area contributed by atoms with Gasteiger partial charge in [-0.1, -0.05) is 30.3 Å². The molecule has 0 unspecified atom stereocenters. The van der Waals surface area contributed by atoms with E-state index in [2.05, 4.69) is 4.99 Å². The predicted octanol–water partition coefficient (Wildman–Crippen LogP) is 4.03. The summed E-state index contributed by atoms with van der Waals surface area (Å²) in [5, 5.41) is 0. The van der Waals surface area contributed by atoms with Crippen molar-refractivity contribution in [3.05, 3.63) is 70.8 Å². The van der Waals surface area contributed by atoms with E-state index in [0.717, 1.165) is 5.56 Å². The van der Waals surface area contributed by atoms with E-state index in [4.69, 9.17) is 5.73 Å². The number of alkyl halides is 6. The minimum Gasteiger partial charge on any atom is -0.370 e. The molecule has 2 aromatic rings. The molecule has 3 rings (SSSR count). The second-order valence-corrected chi connectivity index (χ2v) is 8.84. The number of aliphatic imine (C=N–C) groups is 1. The molecule has 12 heteroatoms. The second-order valence-electron chi connectivity index (χ2n) is 8.84. The lowest BCUT2D eigenvalue weighted by molar-refractivity contribution is -0.143. The molecule has 0 bridgehead atoms. The Hall–Kier alpha value is -3.28. The third-order valence-corrected chi connectivity index (χ3v) is 6.34. The number of hydrogen-bond donors (Lipinski definition) is 1. The smallest absolute Gasteiger partial charge is 0.370 e. The molecule has 1 fully saturated rings. The fourth-order valence-electron chi connectivity index (χ4n) is 4.27. The minimum atomic E-state index is -4.93. The summed E-state index contributed by atoms with van der Waals surface area (Å²) in [7, 11) is 3.09. The van der Waals surface area contributed by atoms with Gasteiger partial charge in [0.25, 0.3) is 0 Å². The van der Waals surface area contributed by atoms with Crippen molar-refractivity contribution in [3.8, 4) is 0 Å². The fourth-order valence-corrected chi connectivity index (χ4v) is 4.27. The Bertz CT molecular complexity index is 1060. The molecule has 0 aromatic heterocycles. The van der Waals surface area contributed by atoms with Crippen molar-refractivity contribution >= 4 is 11.9 Å². The highest BCUT2D eigenvalue weighted by atomic mass is 19.4. The number of guanidine groups is 1. The van der Waals surface area contributed by atoms with E-state index in [1.54, 1.807) is 19.2 Å². The molecule has 6 nitrogen and oxygen atoms in total. The Morgan fingerprint density at radius 2 is 1.51 bits per heavy atom. The normalized spacial score (nSPS) is 16.5. The van der Waals surface area contributed by atoms with E-state index < -0.39 is 29.5 Å². The van der Waals surface area contributed by atoms with E-state index in [1.807, 2.05) is 28.0 Å². The molecule has 0 spiro atoms. The van der Waals surface area contributed by atoms with Crippen LogP contribution in [0.2, 0.25) is 0 Å². The van der Waals surface area contributed by atoms with Crippen LogP contribution in [0.5, 0.6) is 0 Å². The first kappa shape index (κ1) is 28.3. The number of amides is 1. The van der Waals surface area contributed by atoms with Crippen molar-refractivity contribution < 1.29 is 31.1 Å². The zero-order valence-electron chi connectivity index (χ0n) is 20.5. The summed E-state index contributed by atoms with van der Waals surface area (Å²) in [6, 6.07) is 9.86. The van der Waals surface area contributed by atoms with E-state index in [0.29, 0.717) is 44.3 Å². The summed E-state index contributed by atoms with van der Waals surface area (Å²) >= 11 is 0. The van der Waals surface area contributed by atoms with Gasteiger partial charge in [0, 0.05) is 46.8 Å². The van der Waals surface area contributed by atoms with Crippen molar-refractivity contribution in [2.75, 3.05) is 46.8 Å². The Labute approximate surface area is 211 Å². The van der Waals surface area contributed by atoms with Crippen molar-refractivity contribution in [2.24, 2.45) is 10.7 Å². The van der Waals surface area contributed by atoms with Gasteiger partial charge in [0.15, 0.2) is 5.96 Å². The molecule has 37 heavy (non-hydrogen) atoms. The van der Waals surface area contributed by atoms with Crippen LogP contribution in [0, 0.1) is 0 Å². The van der Waals surface area contributed by atoms with Gasteiger partial charge in [-0.2, -0.15) is 26.3 Å². The van der Waals surface area contributed by atoms with Gasteiger partial charge in [-0.05, 0) is 35.7 Å². The van der Waals surface area contributed by atoms with Gasteiger partial charge in [-0.15, -0.1) is 0 Å². The second kappa shape index (κ2) is 11.4. The molecule has 1 amide bonds. The Balaban J connectivity index is 1.79. The SMILES string of the molecule is CN=C(N)N1CCN([C@H](C(=O)N(C)CCc2cc(C(F)(F)F)cc(C(F)(F)F)c2)c2ccccc2)CC1. The lowest BCUT2D eigenvalue weighted by Gasteiger charge is -2.40. The number of rotatable bonds is 6. The van der Waals surface area contributed by atoms with Crippen molar-refractivity contribution in [1.82, 2.24) is 14.7 Å². The first-order chi connectivity index (χ1) is 17.3. The van der Waals surface area contributed by atoms with Crippen molar-refractivity contribution in [2.45, 2.75) is 24.8 Å². The van der Waals surface area contributed by atoms with E-state index in [-0.39, 0.29) is 30.5 Å². The molecular formula is C25H29F6N5O. The van der Waals surface area contributed by atoms with Crippen LogP contribution in [0.3, 0.4) is 0 Å². The Kier molecular flexibility index (Phi) is 8.72. The highest BCUT2D eigenvalue weighted by Crippen LogP contribution is 2.36. The molecule has 1 heterocycles. The first-order valence-corrected chi connectivity index (χ1v) is 11.6. The molecule has 0 radical (unpaired) electrons. The maximum Gasteiger partial charge on any atom is 0.416 e. The largest absolute Gasteiger partial charge is 0.416 e. The number of carbonyl (C=O) groups is 1. The van der Waals surface area contributed by atoms with Gasteiger partial charge in [0.1, 0.15) is 6.04 Å². The van der Waals surface area contributed by atoms with Gasteiger partial charge >= 0.3 is 12.4 Å². The van der Waals surface area contributed by atoms with Gasteiger partial charge in [-0.25, -0.2) is 0 Å². The number of nitrogens with zero attached hydrogens (tertiary/aromatic N) is 4. The number of benzene rings is 2. The molecule has 1 atom stereocenters. The average Bonchev–Trinajstić information content (AvgIpc) is 2.86. The topological polar surface area (TPSA) is 65.2 Å². The van der Waals surface area contributed by atoms with Crippen LogP contribution in [0.15, 0.2) is 53.5 Å². The zero-order chi connectivity index (χ0) is 27.4.